The lowest BCUT2D eigenvalue weighted by Crippen LogP contribution is -2.25. The number of rotatable bonds is 5. The predicted molar refractivity (Wildman–Crippen MR) is 87.7 cm³/mol. The molecule has 0 spiro atoms. The van der Waals surface area contributed by atoms with Gasteiger partial charge in [-0.05, 0) is 52.5 Å². The van der Waals surface area contributed by atoms with Gasteiger partial charge in [-0.15, -0.1) is 0 Å². The Balaban J connectivity index is 2.29. The van der Waals surface area contributed by atoms with Crippen LogP contribution in [0.15, 0.2) is 41.0 Å². The molecule has 0 fully saturated rings. The molecule has 0 saturated heterocycles. The van der Waals surface area contributed by atoms with E-state index in [-0.39, 0.29) is 0 Å². The second kappa shape index (κ2) is 6.86. The molecule has 0 saturated carbocycles. The van der Waals surface area contributed by atoms with E-state index < -0.39 is 0 Å². The van der Waals surface area contributed by atoms with Crippen molar-refractivity contribution in [2.24, 2.45) is 5.73 Å². The molecule has 20 heavy (non-hydrogen) atoms. The van der Waals surface area contributed by atoms with Crippen LogP contribution < -0.4 is 10.6 Å². The van der Waals surface area contributed by atoms with Crippen LogP contribution in [0.4, 0.5) is 5.82 Å². The number of aryl methyl sites for hydroxylation is 1. The van der Waals surface area contributed by atoms with Gasteiger partial charge in [0.05, 0.1) is 0 Å². The molecule has 0 unspecified atom stereocenters. The van der Waals surface area contributed by atoms with Crippen molar-refractivity contribution in [2.45, 2.75) is 26.9 Å². The van der Waals surface area contributed by atoms with E-state index in [1.807, 2.05) is 12.3 Å². The molecule has 0 aliphatic rings. The Morgan fingerprint density at radius 3 is 2.55 bits per heavy atom. The summed E-state index contributed by atoms with van der Waals surface area (Å²) in [4.78, 5) is 6.82. The molecule has 2 rings (SSSR count). The first-order chi connectivity index (χ1) is 9.65. The van der Waals surface area contributed by atoms with Gasteiger partial charge in [0.1, 0.15) is 5.82 Å². The van der Waals surface area contributed by atoms with Crippen LogP contribution in [-0.4, -0.2) is 11.5 Å². The third-order valence-corrected chi connectivity index (χ3v) is 3.83. The lowest BCUT2D eigenvalue weighted by Gasteiger charge is -2.25. The molecule has 0 aliphatic heterocycles. The van der Waals surface area contributed by atoms with Crippen LogP contribution in [0.5, 0.6) is 0 Å². The van der Waals surface area contributed by atoms with Crippen LogP contribution in [0.2, 0.25) is 0 Å². The molecule has 4 heteroatoms. The molecule has 2 N–H and O–H groups in total. The van der Waals surface area contributed by atoms with E-state index >= 15 is 0 Å². The number of anilines is 1. The lowest BCUT2D eigenvalue weighted by molar-refractivity contribution is 0.798. The topological polar surface area (TPSA) is 42.1 Å². The van der Waals surface area contributed by atoms with Gasteiger partial charge in [-0.3, -0.25) is 0 Å². The molecule has 0 atom stereocenters. The molecule has 106 valence electrons. The highest BCUT2D eigenvalue weighted by Crippen LogP contribution is 2.23. The summed E-state index contributed by atoms with van der Waals surface area (Å²) in [6.07, 6.45) is 1.85. The number of aromatic nitrogens is 1. The van der Waals surface area contributed by atoms with E-state index in [1.54, 1.807) is 0 Å². The summed E-state index contributed by atoms with van der Waals surface area (Å²) >= 11 is 3.46. The van der Waals surface area contributed by atoms with Gasteiger partial charge in [-0.2, -0.15) is 0 Å². The number of hydrogen-bond acceptors (Lipinski definition) is 3. The van der Waals surface area contributed by atoms with E-state index in [1.165, 1.54) is 16.7 Å². The Bertz CT molecular complexity index is 584. The molecule has 0 aliphatic carbocycles. The zero-order valence-electron chi connectivity index (χ0n) is 11.9. The fourth-order valence-corrected chi connectivity index (χ4v) is 2.76. The van der Waals surface area contributed by atoms with Crippen molar-refractivity contribution in [1.82, 2.24) is 4.98 Å². The summed E-state index contributed by atoms with van der Waals surface area (Å²) in [5.41, 5.74) is 9.45. The molecule has 1 heterocycles. The standard InChI is InChI=1S/C16H20BrN3/c1-3-20(16-12(2)8-15(17)10-19-16)11-14-7-5-4-6-13(14)9-18/h4-8,10H,3,9,11,18H2,1-2H3. The molecule has 1 aromatic carbocycles. The highest BCUT2D eigenvalue weighted by atomic mass is 79.9. The smallest absolute Gasteiger partial charge is 0.131 e. The summed E-state index contributed by atoms with van der Waals surface area (Å²) < 4.78 is 1.01. The van der Waals surface area contributed by atoms with Crippen LogP contribution in [0.3, 0.4) is 0 Å². The minimum absolute atomic E-state index is 0.570. The molecule has 0 radical (unpaired) electrons. The number of nitrogens with zero attached hydrogens (tertiary/aromatic N) is 2. The number of halogens is 1. The summed E-state index contributed by atoms with van der Waals surface area (Å²) in [6.45, 7) is 6.55. The number of hydrogen-bond donors (Lipinski definition) is 1. The van der Waals surface area contributed by atoms with Crippen LogP contribution in [-0.2, 0) is 13.1 Å². The van der Waals surface area contributed by atoms with Gasteiger partial charge in [0.25, 0.3) is 0 Å². The Morgan fingerprint density at radius 1 is 1.25 bits per heavy atom. The van der Waals surface area contributed by atoms with Gasteiger partial charge in [0, 0.05) is 30.3 Å². The van der Waals surface area contributed by atoms with Gasteiger partial charge in [0.2, 0.25) is 0 Å². The Labute approximate surface area is 129 Å². The molecular weight excluding hydrogens is 314 g/mol. The quantitative estimate of drug-likeness (QED) is 0.908. The van der Waals surface area contributed by atoms with Gasteiger partial charge in [-0.1, -0.05) is 24.3 Å². The minimum atomic E-state index is 0.570. The predicted octanol–water partition coefficient (Wildman–Crippen LogP) is 3.64. The van der Waals surface area contributed by atoms with Gasteiger partial charge < -0.3 is 10.6 Å². The molecule has 1 aromatic heterocycles. The first-order valence-corrected chi connectivity index (χ1v) is 7.59. The van der Waals surface area contributed by atoms with Crippen LogP contribution >= 0.6 is 15.9 Å². The molecule has 2 aromatic rings. The van der Waals surface area contributed by atoms with E-state index in [9.17, 15) is 0 Å². The average Bonchev–Trinajstić information content (AvgIpc) is 2.46. The van der Waals surface area contributed by atoms with E-state index in [0.717, 1.165) is 23.4 Å². The van der Waals surface area contributed by atoms with Gasteiger partial charge >= 0.3 is 0 Å². The van der Waals surface area contributed by atoms with Crippen molar-refractivity contribution in [1.29, 1.82) is 0 Å². The Morgan fingerprint density at radius 2 is 1.95 bits per heavy atom. The summed E-state index contributed by atoms with van der Waals surface area (Å²) in [5, 5.41) is 0. The van der Waals surface area contributed by atoms with E-state index in [2.05, 4.69) is 63.9 Å². The van der Waals surface area contributed by atoms with Crippen molar-refractivity contribution in [2.75, 3.05) is 11.4 Å². The summed E-state index contributed by atoms with van der Waals surface area (Å²) in [7, 11) is 0. The fourth-order valence-electron chi connectivity index (χ4n) is 2.32. The van der Waals surface area contributed by atoms with Gasteiger partial charge in [-0.25, -0.2) is 4.98 Å². The number of pyridine rings is 1. The Hall–Kier alpha value is -1.39. The number of nitrogens with two attached hydrogens (primary N) is 1. The van der Waals surface area contributed by atoms with Crippen LogP contribution in [0.25, 0.3) is 0 Å². The highest BCUT2D eigenvalue weighted by Gasteiger charge is 2.11. The van der Waals surface area contributed by atoms with Crippen LogP contribution in [0, 0.1) is 6.92 Å². The normalized spacial score (nSPS) is 10.6. The summed E-state index contributed by atoms with van der Waals surface area (Å²) in [5.74, 6) is 1.03. The lowest BCUT2D eigenvalue weighted by atomic mass is 10.1. The zero-order valence-corrected chi connectivity index (χ0v) is 13.5. The monoisotopic (exact) mass is 333 g/mol. The first kappa shape index (κ1) is 15.0. The molecule has 3 nitrogen and oxygen atoms in total. The van der Waals surface area contributed by atoms with Crippen molar-refractivity contribution in [3.05, 3.63) is 57.7 Å². The summed E-state index contributed by atoms with van der Waals surface area (Å²) in [6, 6.07) is 10.4. The molecule has 0 bridgehead atoms. The zero-order chi connectivity index (χ0) is 14.5. The van der Waals surface area contributed by atoms with Crippen molar-refractivity contribution < 1.29 is 0 Å². The SMILES string of the molecule is CCN(Cc1ccccc1CN)c1ncc(Br)cc1C. The largest absolute Gasteiger partial charge is 0.352 e. The average molecular weight is 334 g/mol. The maximum Gasteiger partial charge on any atom is 0.131 e. The maximum absolute atomic E-state index is 5.82. The van der Waals surface area contributed by atoms with Crippen LogP contribution in [0.1, 0.15) is 23.6 Å². The van der Waals surface area contributed by atoms with E-state index in [4.69, 9.17) is 5.73 Å². The molecular formula is C16H20BrN3. The third-order valence-electron chi connectivity index (χ3n) is 3.40. The number of benzene rings is 1. The van der Waals surface area contributed by atoms with Crippen molar-refractivity contribution >= 4 is 21.7 Å². The van der Waals surface area contributed by atoms with Crippen molar-refractivity contribution in [3.63, 3.8) is 0 Å². The van der Waals surface area contributed by atoms with E-state index in [0.29, 0.717) is 6.54 Å². The minimum Gasteiger partial charge on any atom is -0.352 e. The fraction of sp³-hybridized carbons (Fsp3) is 0.312. The van der Waals surface area contributed by atoms with Crippen molar-refractivity contribution in [3.8, 4) is 0 Å². The second-order valence-corrected chi connectivity index (χ2v) is 5.70. The first-order valence-electron chi connectivity index (χ1n) is 6.79. The van der Waals surface area contributed by atoms with Gasteiger partial charge in [0.15, 0.2) is 0 Å². The molecule has 0 amide bonds. The second-order valence-electron chi connectivity index (χ2n) is 4.78. The maximum atomic E-state index is 5.82. The Kier molecular flexibility index (Phi) is 5.15. The highest BCUT2D eigenvalue weighted by molar-refractivity contribution is 9.10. The third kappa shape index (κ3) is 3.38.